The predicted molar refractivity (Wildman–Crippen MR) is 65.6 cm³/mol. The van der Waals surface area contributed by atoms with Crippen molar-refractivity contribution in [3.63, 3.8) is 0 Å². The molecule has 0 fully saturated rings. The number of alkyl halides is 3. The van der Waals surface area contributed by atoms with Crippen molar-refractivity contribution in [2.75, 3.05) is 7.11 Å². The number of ether oxygens (including phenoxy) is 1. The highest BCUT2D eigenvalue weighted by Gasteiger charge is 2.39. The van der Waals surface area contributed by atoms with E-state index in [1.165, 1.54) is 13.2 Å². The maximum absolute atomic E-state index is 13.0. The zero-order valence-corrected chi connectivity index (χ0v) is 10.2. The van der Waals surface area contributed by atoms with E-state index in [0.717, 1.165) is 0 Å². The number of hydrogen-bond acceptors (Lipinski definition) is 2. The smallest absolute Gasteiger partial charge is 0.385 e. The minimum atomic E-state index is -3.95. The van der Waals surface area contributed by atoms with Crippen molar-refractivity contribution in [3.8, 4) is 5.75 Å². The van der Waals surface area contributed by atoms with Crippen LogP contribution >= 0.6 is 11.6 Å². The molecule has 5 heteroatoms. The van der Waals surface area contributed by atoms with Gasteiger partial charge in [-0.3, -0.25) is 4.79 Å². The van der Waals surface area contributed by atoms with E-state index >= 15 is 0 Å². The van der Waals surface area contributed by atoms with Gasteiger partial charge in [0.1, 0.15) is 5.75 Å². The molecule has 0 aromatic heterocycles. The Hall–Kier alpha value is -1.68. The van der Waals surface area contributed by atoms with Crippen LogP contribution in [-0.2, 0) is 0 Å². The van der Waals surface area contributed by atoms with Crippen LogP contribution in [0.2, 0.25) is 0 Å². The Morgan fingerprint density at radius 3 is 2.50 bits per heavy atom. The van der Waals surface area contributed by atoms with Crippen molar-refractivity contribution >= 4 is 28.2 Å². The van der Waals surface area contributed by atoms with Gasteiger partial charge in [-0.25, -0.2) is 0 Å². The molecule has 0 saturated carbocycles. The maximum Gasteiger partial charge on any atom is 0.385 e. The quantitative estimate of drug-likeness (QED) is 0.625. The molecule has 2 aromatic rings. The number of methoxy groups -OCH3 is 1. The minimum Gasteiger partial charge on any atom is -0.496 e. The highest BCUT2D eigenvalue weighted by atomic mass is 35.5. The fraction of sp³-hybridized carbons (Fsp3) is 0.154. The molecule has 2 rings (SSSR count). The Balaban J connectivity index is 2.77. The molecule has 0 unspecified atom stereocenters. The van der Waals surface area contributed by atoms with Crippen molar-refractivity contribution in [1.29, 1.82) is 0 Å². The highest BCUT2D eigenvalue weighted by Crippen LogP contribution is 2.34. The normalized spacial score (nSPS) is 11.6. The third-order valence-electron chi connectivity index (χ3n) is 2.60. The Kier molecular flexibility index (Phi) is 3.22. The Bertz CT molecular complexity index is 605. The van der Waals surface area contributed by atoms with E-state index in [1.54, 1.807) is 30.3 Å². The molecule has 0 heterocycles. The molecule has 0 atom stereocenters. The van der Waals surface area contributed by atoms with Gasteiger partial charge < -0.3 is 4.74 Å². The Labute approximate surface area is 107 Å². The number of ketones is 1. The molecule has 0 aliphatic heterocycles. The van der Waals surface area contributed by atoms with E-state index in [1.807, 2.05) is 0 Å². The molecule has 2 aromatic carbocycles. The van der Waals surface area contributed by atoms with Crippen molar-refractivity contribution < 1.29 is 18.3 Å². The van der Waals surface area contributed by atoms with Gasteiger partial charge in [0, 0.05) is 0 Å². The second kappa shape index (κ2) is 4.53. The van der Waals surface area contributed by atoms with Gasteiger partial charge in [0.2, 0.25) is 0 Å². The summed E-state index contributed by atoms with van der Waals surface area (Å²) in [5.74, 6) is -1.38. The van der Waals surface area contributed by atoms with Gasteiger partial charge in [-0.1, -0.05) is 30.3 Å². The van der Waals surface area contributed by atoms with Crippen molar-refractivity contribution in [3.05, 3.63) is 42.0 Å². The van der Waals surface area contributed by atoms with Crippen molar-refractivity contribution in [2.45, 2.75) is 5.38 Å². The van der Waals surface area contributed by atoms with Crippen LogP contribution in [-0.4, -0.2) is 18.3 Å². The van der Waals surface area contributed by atoms with E-state index in [4.69, 9.17) is 16.3 Å². The lowest BCUT2D eigenvalue weighted by Gasteiger charge is -2.13. The Morgan fingerprint density at radius 2 is 1.89 bits per heavy atom. The van der Waals surface area contributed by atoms with Gasteiger partial charge in [0.05, 0.1) is 12.7 Å². The summed E-state index contributed by atoms with van der Waals surface area (Å²) in [5.41, 5.74) is -0.199. The number of hydrogen-bond donors (Lipinski definition) is 0. The van der Waals surface area contributed by atoms with Crippen LogP contribution in [0.1, 0.15) is 10.4 Å². The van der Waals surface area contributed by atoms with Gasteiger partial charge in [-0.05, 0) is 28.4 Å². The minimum absolute atomic E-state index is 0.0824. The average molecular weight is 271 g/mol. The maximum atomic E-state index is 13.0. The van der Waals surface area contributed by atoms with E-state index in [9.17, 15) is 13.6 Å². The number of fused-ring (bicyclic) bond motifs is 1. The van der Waals surface area contributed by atoms with Gasteiger partial charge in [-0.2, -0.15) is 8.78 Å². The molecular weight excluding hydrogens is 262 g/mol. The largest absolute Gasteiger partial charge is 0.496 e. The Morgan fingerprint density at radius 1 is 1.22 bits per heavy atom. The van der Waals surface area contributed by atoms with Crippen LogP contribution in [0.15, 0.2) is 36.4 Å². The number of rotatable bonds is 3. The molecule has 0 saturated heterocycles. The summed E-state index contributed by atoms with van der Waals surface area (Å²) in [6.45, 7) is 0. The molecule has 18 heavy (non-hydrogen) atoms. The summed E-state index contributed by atoms with van der Waals surface area (Å²) in [6.07, 6.45) is 0. The second-order valence-electron chi connectivity index (χ2n) is 3.69. The zero-order chi connectivity index (χ0) is 13.3. The SMILES string of the molecule is COc1ccc2ccccc2c1C(=O)C(F)(F)Cl. The summed E-state index contributed by atoms with van der Waals surface area (Å²) in [7, 11) is 1.31. The highest BCUT2D eigenvalue weighted by molar-refractivity contribution is 6.37. The van der Waals surface area contributed by atoms with Crippen molar-refractivity contribution in [1.82, 2.24) is 0 Å². The third-order valence-corrected chi connectivity index (χ3v) is 2.77. The first-order valence-corrected chi connectivity index (χ1v) is 5.50. The van der Waals surface area contributed by atoms with Gasteiger partial charge >= 0.3 is 5.38 Å². The fourth-order valence-corrected chi connectivity index (χ4v) is 1.89. The predicted octanol–water partition coefficient (Wildman–Crippen LogP) is 3.86. The number of benzene rings is 2. The molecule has 2 nitrogen and oxygen atoms in total. The number of carbonyl (C=O) groups is 1. The average Bonchev–Trinajstić information content (AvgIpc) is 2.35. The molecule has 0 N–H and O–H groups in total. The molecule has 0 spiro atoms. The first kappa shape index (κ1) is 12.8. The zero-order valence-electron chi connectivity index (χ0n) is 9.41. The lowest BCUT2D eigenvalue weighted by Crippen LogP contribution is -2.22. The van der Waals surface area contributed by atoms with Crippen LogP contribution in [0.4, 0.5) is 8.78 Å². The van der Waals surface area contributed by atoms with Crippen LogP contribution in [0.3, 0.4) is 0 Å². The van der Waals surface area contributed by atoms with Crippen molar-refractivity contribution in [2.24, 2.45) is 0 Å². The number of carbonyl (C=O) groups excluding carboxylic acids is 1. The molecule has 0 aliphatic carbocycles. The van der Waals surface area contributed by atoms with E-state index in [-0.39, 0.29) is 11.3 Å². The topological polar surface area (TPSA) is 26.3 Å². The van der Waals surface area contributed by atoms with E-state index in [2.05, 4.69) is 0 Å². The van der Waals surface area contributed by atoms with Crippen LogP contribution < -0.4 is 4.74 Å². The van der Waals surface area contributed by atoms with Crippen LogP contribution in [0.25, 0.3) is 10.8 Å². The summed E-state index contributed by atoms with van der Waals surface area (Å²) in [5, 5.41) is -2.89. The van der Waals surface area contributed by atoms with Crippen LogP contribution in [0.5, 0.6) is 5.75 Å². The summed E-state index contributed by atoms with van der Waals surface area (Å²) in [6, 6.07) is 9.87. The molecule has 0 bridgehead atoms. The monoisotopic (exact) mass is 270 g/mol. The second-order valence-corrected chi connectivity index (χ2v) is 4.17. The van der Waals surface area contributed by atoms with Crippen LogP contribution in [0, 0.1) is 0 Å². The third kappa shape index (κ3) is 2.16. The molecular formula is C13H9ClF2O2. The fourth-order valence-electron chi connectivity index (χ4n) is 1.80. The first-order chi connectivity index (χ1) is 8.45. The summed E-state index contributed by atoms with van der Waals surface area (Å²) in [4.78, 5) is 11.7. The molecule has 0 radical (unpaired) electrons. The standard InChI is InChI=1S/C13H9ClF2O2/c1-18-10-7-6-8-4-2-3-5-9(8)11(10)12(17)13(14,15)16/h2-7H,1H3. The number of Topliss-reactive ketones (excluding diaryl/α,β-unsaturated/α-hetero) is 1. The number of halogens is 3. The lowest BCUT2D eigenvalue weighted by molar-refractivity contribution is 0.0535. The summed E-state index contributed by atoms with van der Waals surface area (Å²) >= 11 is 4.81. The van der Waals surface area contributed by atoms with E-state index < -0.39 is 11.2 Å². The van der Waals surface area contributed by atoms with Gasteiger partial charge in [0.25, 0.3) is 5.78 Å². The molecule has 94 valence electrons. The van der Waals surface area contributed by atoms with Gasteiger partial charge in [-0.15, -0.1) is 0 Å². The summed E-state index contributed by atoms with van der Waals surface area (Å²) < 4.78 is 31.0. The lowest BCUT2D eigenvalue weighted by atomic mass is 10.0. The van der Waals surface area contributed by atoms with E-state index in [0.29, 0.717) is 10.8 Å². The first-order valence-electron chi connectivity index (χ1n) is 5.12. The molecule has 0 amide bonds. The molecule has 0 aliphatic rings. The van der Waals surface area contributed by atoms with Gasteiger partial charge in [0.15, 0.2) is 0 Å².